The smallest absolute Gasteiger partial charge is 0.147 e. The van der Waals surface area contributed by atoms with E-state index in [0.29, 0.717) is 0 Å². The van der Waals surface area contributed by atoms with Gasteiger partial charge in [-0.05, 0) is 0 Å². The van der Waals surface area contributed by atoms with E-state index in [4.69, 9.17) is 0 Å². The molecule has 1 aliphatic rings. The van der Waals surface area contributed by atoms with Crippen molar-refractivity contribution in [1.82, 2.24) is 4.90 Å². The van der Waals surface area contributed by atoms with Gasteiger partial charge in [-0.2, -0.15) is 0 Å². The Morgan fingerprint density at radius 3 is 2.00 bits per heavy atom. The van der Waals surface area contributed by atoms with Crippen LogP contribution in [0.5, 0.6) is 0 Å². The molecule has 0 aromatic heterocycles. The molecule has 1 atom stereocenters. The van der Waals surface area contributed by atoms with Gasteiger partial charge in [0.05, 0.1) is 0 Å². The van der Waals surface area contributed by atoms with Crippen molar-refractivity contribution < 1.29 is 24.4 Å². The Morgan fingerprint density at radius 2 is 1.59 bits per heavy atom. The zero-order chi connectivity index (χ0) is 13.9. The molecule has 0 saturated carbocycles. The number of allylic oxidation sites excluding steroid dienone is 2. The van der Waals surface area contributed by atoms with Crippen molar-refractivity contribution >= 4 is 37.2 Å². The summed E-state index contributed by atoms with van der Waals surface area (Å²) in [5.74, 6) is 0. The summed E-state index contributed by atoms with van der Waals surface area (Å²) >= 11 is 1.16. The van der Waals surface area contributed by atoms with E-state index in [1.807, 2.05) is 0 Å². The molecule has 22 heavy (non-hydrogen) atoms. The number of rotatable bonds is 5. The number of likely N-dealkylation sites (N-methyl/N-ethyl adjacent to an activating group) is 1. The van der Waals surface area contributed by atoms with Gasteiger partial charge in [0.25, 0.3) is 0 Å². The molecule has 1 aromatic carbocycles. The van der Waals surface area contributed by atoms with Crippen LogP contribution in [0.15, 0.2) is 51.4 Å². The molecule has 0 fully saturated rings. The first-order chi connectivity index (χ1) is 9.14. The molecule has 0 saturated heterocycles. The Hall–Kier alpha value is 0.400. The molecule has 1 nitrogen and oxygen atoms in total. The first-order valence-electron chi connectivity index (χ1n) is 7.06. The summed E-state index contributed by atoms with van der Waals surface area (Å²) < 4.78 is 1.64. The van der Waals surface area contributed by atoms with Crippen molar-refractivity contribution in [3.05, 3.63) is 57.0 Å². The predicted octanol–water partition coefficient (Wildman–Crippen LogP) is 5.27. The Bertz CT molecular complexity index is 498. The standard InChI is InChI=1S/C17H22N.3ClH.Hf/c1-4-18(5-2)17(3,16-13-9-10-14-16)15-11-7-6-8-12-15;;;;/h6-9,11-13H,4-5,10H2,1-3H3;3*1H;. The number of benzene rings is 1. The van der Waals surface area contributed by atoms with Crippen molar-refractivity contribution in [3.8, 4) is 0 Å². The molecular formula is C17H25Cl3HfN. The van der Waals surface area contributed by atoms with Gasteiger partial charge in [-0.25, -0.2) is 0 Å². The number of halogens is 3. The third kappa shape index (κ3) is 4.70. The molecule has 1 aromatic rings. The fourth-order valence-corrected chi connectivity index (χ4v) is 4.69. The minimum Gasteiger partial charge on any atom is -0.147 e. The molecule has 123 valence electrons. The monoisotopic (exact) mass is 528 g/mol. The first kappa shape index (κ1) is 24.7. The summed E-state index contributed by atoms with van der Waals surface area (Å²) in [4.78, 5) is 2.57. The van der Waals surface area contributed by atoms with E-state index in [9.17, 15) is 0 Å². The van der Waals surface area contributed by atoms with Crippen molar-refractivity contribution in [1.29, 1.82) is 0 Å². The fraction of sp³-hybridized carbons (Fsp3) is 0.412. The predicted molar refractivity (Wildman–Crippen MR) is 99.2 cm³/mol. The van der Waals surface area contributed by atoms with Gasteiger partial charge in [-0.15, -0.1) is 37.2 Å². The van der Waals surface area contributed by atoms with Gasteiger partial charge < -0.3 is 0 Å². The molecule has 0 aliphatic heterocycles. The molecule has 5 heteroatoms. The van der Waals surface area contributed by atoms with E-state index in [0.717, 1.165) is 43.9 Å². The van der Waals surface area contributed by atoms with Crippen LogP contribution < -0.4 is 0 Å². The van der Waals surface area contributed by atoms with Crippen LogP contribution in [0.1, 0.15) is 32.8 Å². The Balaban J connectivity index is 0. The minimum absolute atomic E-state index is 0. The summed E-state index contributed by atoms with van der Waals surface area (Å²) in [6.07, 6.45) is 5.83. The second-order valence-electron chi connectivity index (χ2n) is 5.11. The van der Waals surface area contributed by atoms with Crippen molar-refractivity contribution in [3.63, 3.8) is 0 Å². The zero-order valence-electron chi connectivity index (χ0n) is 13.3. The van der Waals surface area contributed by atoms with Crippen LogP contribution >= 0.6 is 37.2 Å². The number of hydrogen-bond donors (Lipinski definition) is 0. The quantitative estimate of drug-likeness (QED) is 0.471. The largest absolute Gasteiger partial charge is 0.147 e. The molecule has 1 unspecified atom stereocenters. The van der Waals surface area contributed by atoms with Gasteiger partial charge in [0.1, 0.15) is 0 Å². The maximum absolute atomic E-state index is 2.57. The van der Waals surface area contributed by atoms with Crippen LogP contribution in [0.25, 0.3) is 0 Å². The maximum Gasteiger partial charge on any atom is -0.147 e. The molecule has 0 amide bonds. The van der Waals surface area contributed by atoms with Gasteiger partial charge >= 0.3 is 132 Å². The average Bonchev–Trinajstić information content (AvgIpc) is 2.87. The van der Waals surface area contributed by atoms with Crippen LogP contribution in [0, 0.1) is 0 Å². The second kappa shape index (κ2) is 11.0. The van der Waals surface area contributed by atoms with Crippen LogP contribution in [0.4, 0.5) is 0 Å². The maximum atomic E-state index is 2.57. The summed E-state index contributed by atoms with van der Waals surface area (Å²) in [6, 6.07) is 11.0. The molecule has 0 bridgehead atoms. The van der Waals surface area contributed by atoms with Crippen LogP contribution in [0.2, 0.25) is 0 Å². The van der Waals surface area contributed by atoms with Crippen molar-refractivity contribution in [2.45, 2.75) is 32.7 Å². The van der Waals surface area contributed by atoms with Crippen LogP contribution in [-0.4, -0.2) is 18.0 Å². The van der Waals surface area contributed by atoms with Crippen molar-refractivity contribution in [2.24, 2.45) is 0 Å². The summed E-state index contributed by atoms with van der Waals surface area (Å²) in [6.45, 7) is 9.06. The van der Waals surface area contributed by atoms with E-state index in [1.54, 1.807) is 3.33 Å². The Kier molecular flexibility index (Phi) is 12.4. The molecule has 0 radical (unpaired) electrons. The molecule has 0 N–H and O–H groups in total. The SMILES string of the molecule is CCN(CC)C(C)(C1=[C]([Hf])CC=C1)c1ccccc1.Cl.Cl.Cl. The molecule has 0 spiro atoms. The normalized spacial score (nSPS) is 15.6. The molecule has 2 rings (SSSR count). The number of hydrogen-bond acceptors (Lipinski definition) is 1. The minimum atomic E-state index is 0. The first-order valence-corrected chi connectivity index (χ1v) is 8.86. The van der Waals surface area contributed by atoms with E-state index in [-0.39, 0.29) is 42.8 Å². The van der Waals surface area contributed by atoms with Crippen molar-refractivity contribution in [2.75, 3.05) is 13.1 Å². The van der Waals surface area contributed by atoms with E-state index in [1.165, 1.54) is 11.1 Å². The second-order valence-corrected chi connectivity index (χ2v) is 7.28. The van der Waals surface area contributed by atoms with E-state index >= 15 is 0 Å². The van der Waals surface area contributed by atoms with E-state index in [2.05, 4.69) is 68.2 Å². The van der Waals surface area contributed by atoms with Gasteiger partial charge in [0.15, 0.2) is 0 Å². The summed E-state index contributed by atoms with van der Waals surface area (Å²) in [7, 11) is 0. The Labute approximate surface area is 168 Å². The van der Waals surface area contributed by atoms with E-state index < -0.39 is 0 Å². The van der Waals surface area contributed by atoms with Gasteiger partial charge in [0.2, 0.25) is 0 Å². The summed E-state index contributed by atoms with van der Waals surface area (Å²) in [5.41, 5.74) is 2.97. The van der Waals surface area contributed by atoms with Gasteiger partial charge in [-0.1, -0.05) is 0 Å². The summed E-state index contributed by atoms with van der Waals surface area (Å²) in [5, 5.41) is 0. The molecule has 0 heterocycles. The number of nitrogens with zero attached hydrogens (tertiary/aromatic N) is 1. The molecule has 1 aliphatic carbocycles. The average molecular weight is 528 g/mol. The van der Waals surface area contributed by atoms with Crippen LogP contribution in [-0.2, 0) is 29.9 Å². The zero-order valence-corrected chi connectivity index (χ0v) is 19.4. The van der Waals surface area contributed by atoms with Gasteiger partial charge in [-0.3, -0.25) is 0 Å². The third-order valence-corrected chi connectivity index (χ3v) is 5.89. The third-order valence-electron chi connectivity index (χ3n) is 4.19. The molecular weight excluding hydrogens is 503 g/mol. The Morgan fingerprint density at radius 1 is 1.05 bits per heavy atom. The van der Waals surface area contributed by atoms with Gasteiger partial charge in [0, 0.05) is 0 Å². The van der Waals surface area contributed by atoms with Crippen LogP contribution in [0.3, 0.4) is 0 Å². The topological polar surface area (TPSA) is 3.24 Å². The fourth-order valence-electron chi connectivity index (χ4n) is 3.09.